The average molecular weight is 425 g/mol. The molecule has 2 saturated carbocycles. The summed E-state index contributed by atoms with van der Waals surface area (Å²) in [5, 5.41) is 9.85. The molecular formula is C23H31F3N2O2. The molecule has 1 N–H and O–H groups in total. The summed E-state index contributed by atoms with van der Waals surface area (Å²) in [6, 6.07) is 6.37. The molecule has 7 heteroatoms. The second kappa shape index (κ2) is 8.15. The molecule has 4 nitrogen and oxygen atoms in total. The number of hydrogen-bond acceptors (Lipinski definition) is 3. The number of hydrogen-bond donors (Lipinski definition) is 1. The summed E-state index contributed by atoms with van der Waals surface area (Å²) in [4.78, 5) is 17.8. The van der Waals surface area contributed by atoms with Crippen LogP contribution in [0.25, 0.3) is 0 Å². The summed E-state index contributed by atoms with van der Waals surface area (Å²) >= 11 is 0. The summed E-state index contributed by atoms with van der Waals surface area (Å²) in [7, 11) is 0. The highest BCUT2D eigenvalue weighted by atomic mass is 19.4. The first-order valence-electron chi connectivity index (χ1n) is 11.1. The Morgan fingerprint density at radius 3 is 1.93 bits per heavy atom. The summed E-state index contributed by atoms with van der Waals surface area (Å²) in [5.74, 6) is -0.0969. The van der Waals surface area contributed by atoms with Gasteiger partial charge in [0.25, 0.3) is 5.91 Å². The van der Waals surface area contributed by atoms with E-state index >= 15 is 0 Å². The van der Waals surface area contributed by atoms with Crippen molar-refractivity contribution >= 4 is 5.91 Å². The van der Waals surface area contributed by atoms with Gasteiger partial charge in [-0.25, -0.2) is 0 Å². The molecule has 1 aliphatic heterocycles. The zero-order chi connectivity index (χ0) is 21.5. The highest BCUT2D eigenvalue weighted by molar-refractivity contribution is 5.95. The Balaban J connectivity index is 1.44. The van der Waals surface area contributed by atoms with Gasteiger partial charge in [-0.3, -0.25) is 4.79 Å². The van der Waals surface area contributed by atoms with Gasteiger partial charge in [-0.1, -0.05) is 12.1 Å². The van der Waals surface area contributed by atoms with Crippen molar-refractivity contribution < 1.29 is 23.1 Å². The van der Waals surface area contributed by atoms with Crippen LogP contribution in [-0.2, 0) is 5.60 Å². The van der Waals surface area contributed by atoms with Crippen LogP contribution >= 0.6 is 0 Å². The van der Waals surface area contributed by atoms with Crippen molar-refractivity contribution in [2.45, 2.75) is 88.2 Å². The molecule has 1 saturated heterocycles. The summed E-state index contributed by atoms with van der Waals surface area (Å²) in [5.41, 5.74) is -2.79. The third kappa shape index (κ3) is 4.24. The zero-order valence-corrected chi connectivity index (χ0v) is 17.5. The Hall–Kier alpha value is -1.60. The standard InChI is InChI=1S/C23H31F3N2O2/c1-22(30,23(24,25)26)17-6-4-16(5-7-17)21(29)28(20-12-13-20)19-10-8-18(9-11-19)27-14-2-3-15-27/h4-7,18-20,30H,2-3,8-15H2,1H3/t18-,19+,22-/m0/s1. The molecule has 1 aromatic rings. The van der Waals surface area contributed by atoms with Crippen LogP contribution in [0.15, 0.2) is 24.3 Å². The van der Waals surface area contributed by atoms with Crippen LogP contribution in [0.3, 0.4) is 0 Å². The van der Waals surface area contributed by atoms with Gasteiger partial charge in [0.2, 0.25) is 0 Å². The van der Waals surface area contributed by atoms with E-state index in [9.17, 15) is 23.1 Å². The fourth-order valence-electron chi connectivity index (χ4n) is 5.04. The fourth-order valence-corrected chi connectivity index (χ4v) is 5.04. The van der Waals surface area contributed by atoms with Gasteiger partial charge in [0.15, 0.2) is 5.60 Å². The van der Waals surface area contributed by atoms with Crippen molar-refractivity contribution in [2.24, 2.45) is 0 Å². The van der Waals surface area contributed by atoms with E-state index in [1.807, 2.05) is 4.90 Å². The molecule has 3 fully saturated rings. The number of alkyl halides is 3. The number of benzene rings is 1. The third-order valence-electron chi connectivity index (χ3n) is 7.14. The maximum Gasteiger partial charge on any atom is 0.421 e. The Kier molecular flexibility index (Phi) is 5.88. The number of amides is 1. The van der Waals surface area contributed by atoms with Gasteiger partial charge in [0, 0.05) is 23.7 Å². The van der Waals surface area contributed by atoms with E-state index in [4.69, 9.17) is 0 Å². The SMILES string of the molecule is C[C@](O)(c1ccc(C(=O)N(C2CC2)[C@H]2CC[C@@H](N3CCCC3)CC2)cc1)C(F)(F)F. The fraction of sp³-hybridized carbons (Fsp3) is 0.696. The lowest BCUT2D eigenvalue weighted by atomic mass is 9.88. The number of rotatable bonds is 5. The molecule has 4 rings (SSSR count). The normalized spacial score (nSPS) is 27.6. The van der Waals surface area contributed by atoms with Crippen LogP contribution in [0.4, 0.5) is 13.2 Å². The molecule has 0 spiro atoms. The molecule has 1 aromatic carbocycles. The smallest absolute Gasteiger partial charge is 0.376 e. The second-order valence-electron chi connectivity index (χ2n) is 9.30. The Bertz CT molecular complexity index is 745. The topological polar surface area (TPSA) is 43.8 Å². The number of carbonyl (C=O) groups is 1. The van der Waals surface area contributed by atoms with E-state index in [0.717, 1.165) is 45.4 Å². The molecule has 0 aromatic heterocycles. The molecule has 166 valence electrons. The van der Waals surface area contributed by atoms with E-state index < -0.39 is 11.8 Å². The Morgan fingerprint density at radius 1 is 0.967 bits per heavy atom. The van der Waals surface area contributed by atoms with Crippen molar-refractivity contribution in [2.75, 3.05) is 13.1 Å². The van der Waals surface area contributed by atoms with Gasteiger partial charge in [0.05, 0.1) is 0 Å². The van der Waals surface area contributed by atoms with Gasteiger partial charge in [-0.2, -0.15) is 13.2 Å². The largest absolute Gasteiger partial charge is 0.421 e. The van der Waals surface area contributed by atoms with E-state index in [2.05, 4.69) is 4.90 Å². The van der Waals surface area contributed by atoms with E-state index in [1.54, 1.807) is 0 Å². The van der Waals surface area contributed by atoms with E-state index in [0.29, 0.717) is 11.6 Å². The monoisotopic (exact) mass is 424 g/mol. The van der Waals surface area contributed by atoms with Crippen molar-refractivity contribution in [3.63, 3.8) is 0 Å². The lowest BCUT2D eigenvalue weighted by Gasteiger charge is -2.40. The summed E-state index contributed by atoms with van der Waals surface area (Å²) in [6.07, 6.45) is 3.98. The predicted molar refractivity (Wildman–Crippen MR) is 108 cm³/mol. The first kappa shape index (κ1) is 21.6. The lowest BCUT2D eigenvalue weighted by Crippen LogP contribution is -2.47. The van der Waals surface area contributed by atoms with Crippen molar-refractivity contribution in [3.05, 3.63) is 35.4 Å². The second-order valence-corrected chi connectivity index (χ2v) is 9.30. The van der Waals surface area contributed by atoms with Crippen LogP contribution in [0.5, 0.6) is 0 Å². The summed E-state index contributed by atoms with van der Waals surface area (Å²) in [6.45, 7) is 3.11. The number of aliphatic hydroxyl groups is 1. The zero-order valence-electron chi connectivity index (χ0n) is 17.5. The van der Waals surface area contributed by atoms with Gasteiger partial charge < -0.3 is 14.9 Å². The first-order chi connectivity index (χ1) is 14.2. The van der Waals surface area contributed by atoms with Crippen molar-refractivity contribution in [3.8, 4) is 0 Å². The quantitative estimate of drug-likeness (QED) is 0.759. The molecule has 1 heterocycles. The molecule has 0 radical (unpaired) electrons. The maximum atomic E-state index is 13.3. The van der Waals surface area contributed by atoms with Crippen LogP contribution < -0.4 is 0 Å². The molecule has 0 bridgehead atoms. The van der Waals surface area contributed by atoms with Gasteiger partial charge in [-0.05, 0) is 89.1 Å². The molecular weight excluding hydrogens is 393 g/mol. The highest BCUT2D eigenvalue weighted by Gasteiger charge is 2.51. The number of nitrogens with zero attached hydrogens (tertiary/aromatic N) is 2. The van der Waals surface area contributed by atoms with Crippen molar-refractivity contribution in [1.29, 1.82) is 0 Å². The molecule has 3 aliphatic rings. The Labute approximate surface area is 176 Å². The minimum atomic E-state index is -4.77. The van der Waals surface area contributed by atoms with Crippen molar-refractivity contribution in [1.82, 2.24) is 9.80 Å². The molecule has 1 amide bonds. The predicted octanol–water partition coefficient (Wildman–Crippen LogP) is 4.47. The third-order valence-corrected chi connectivity index (χ3v) is 7.14. The molecule has 0 unspecified atom stereocenters. The minimum Gasteiger partial charge on any atom is -0.376 e. The van der Waals surface area contributed by atoms with Gasteiger partial charge >= 0.3 is 6.18 Å². The van der Waals surface area contributed by atoms with Gasteiger partial charge in [-0.15, -0.1) is 0 Å². The number of carbonyl (C=O) groups excluding carboxylic acids is 1. The van der Waals surface area contributed by atoms with Gasteiger partial charge in [0.1, 0.15) is 0 Å². The summed E-state index contributed by atoms with van der Waals surface area (Å²) < 4.78 is 39.2. The van der Waals surface area contributed by atoms with E-state index in [-0.39, 0.29) is 23.6 Å². The van der Waals surface area contributed by atoms with Crippen LogP contribution in [0.2, 0.25) is 0 Å². The molecule has 30 heavy (non-hydrogen) atoms. The lowest BCUT2D eigenvalue weighted by molar-refractivity contribution is -0.258. The highest BCUT2D eigenvalue weighted by Crippen LogP contribution is 2.39. The van der Waals surface area contributed by atoms with Crippen LogP contribution in [0, 0.1) is 0 Å². The average Bonchev–Trinajstić information content (AvgIpc) is 3.39. The van der Waals surface area contributed by atoms with Crippen LogP contribution in [-0.4, -0.2) is 58.2 Å². The molecule has 2 aliphatic carbocycles. The number of halogens is 3. The van der Waals surface area contributed by atoms with Crippen LogP contribution in [0.1, 0.15) is 74.2 Å². The minimum absolute atomic E-state index is 0.0969. The number of likely N-dealkylation sites (tertiary alicyclic amines) is 1. The maximum absolute atomic E-state index is 13.3. The molecule has 1 atom stereocenters. The van der Waals surface area contributed by atoms with E-state index in [1.165, 1.54) is 50.2 Å². The Morgan fingerprint density at radius 2 is 1.47 bits per heavy atom. The first-order valence-corrected chi connectivity index (χ1v) is 11.1.